The van der Waals surface area contributed by atoms with Gasteiger partial charge in [0.1, 0.15) is 0 Å². The lowest BCUT2D eigenvalue weighted by molar-refractivity contribution is -0.135. The first kappa shape index (κ1) is 25.4. The summed E-state index contributed by atoms with van der Waals surface area (Å²) in [5, 5.41) is 4.46. The van der Waals surface area contributed by atoms with Crippen molar-refractivity contribution in [2.45, 2.75) is 40.2 Å². The highest BCUT2D eigenvalue weighted by molar-refractivity contribution is 5.85. The summed E-state index contributed by atoms with van der Waals surface area (Å²) in [6.07, 6.45) is 1.54. The predicted molar refractivity (Wildman–Crippen MR) is 116 cm³/mol. The first-order valence-electron chi connectivity index (χ1n) is 8.95. The van der Waals surface area contributed by atoms with Crippen molar-refractivity contribution in [3.63, 3.8) is 0 Å². The van der Waals surface area contributed by atoms with Crippen LogP contribution < -0.4 is 5.73 Å². The summed E-state index contributed by atoms with van der Waals surface area (Å²) in [5.41, 5.74) is 10.1. The Morgan fingerprint density at radius 3 is 2.37 bits per heavy atom. The maximum Gasteiger partial charge on any atom is 0.226 e. The van der Waals surface area contributed by atoms with Crippen LogP contribution in [0.1, 0.15) is 35.9 Å². The van der Waals surface area contributed by atoms with E-state index in [9.17, 15) is 4.79 Å². The van der Waals surface area contributed by atoms with Crippen molar-refractivity contribution in [2.75, 3.05) is 13.1 Å². The minimum absolute atomic E-state index is 0. The van der Waals surface area contributed by atoms with Crippen molar-refractivity contribution in [2.24, 2.45) is 18.7 Å². The highest BCUT2D eigenvalue weighted by atomic mass is 35.5. The summed E-state index contributed by atoms with van der Waals surface area (Å²) >= 11 is 0. The summed E-state index contributed by atoms with van der Waals surface area (Å²) in [4.78, 5) is 15.0. The predicted octanol–water partition coefficient (Wildman–Crippen LogP) is 3.44. The van der Waals surface area contributed by atoms with E-state index in [1.54, 1.807) is 0 Å². The average Bonchev–Trinajstić information content (AvgIpc) is 2.85. The fourth-order valence-corrected chi connectivity index (χ4v) is 3.17. The van der Waals surface area contributed by atoms with Gasteiger partial charge in [-0.2, -0.15) is 5.10 Å². The highest BCUT2D eigenvalue weighted by Crippen LogP contribution is 2.19. The van der Waals surface area contributed by atoms with E-state index in [4.69, 9.17) is 5.73 Å². The van der Waals surface area contributed by atoms with Gasteiger partial charge in [-0.25, -0.2) is 0 Å². The van der Waals surface area contributed by atoms with Crippen molar-refractivity contribution < 1.29 is 4.79 Å². The number of nitrogens with two attached hydrogens (primary N) is 1. The normalized spacial score (nSPS) is 11.3. The van der Waals surface area contributed by atoms with Crippen LogP contribution in [0.2, 0.25) is 0 Å². The average molecular weight is 415 g/mol. The number of hydrogen-bond acceptors (Lipinski definition) is 3. The molecular formula is C20H32Cl2N4O. The molecule has 1 amide bonds. The van der Waals surface area contributed by atoms with Gasteiger partial charge < -0.3 is 10.6 Å². The fourth-order valence-electron chi connectivity index (χ4n) is 3.17. The fraction of sp³-hybridized carbons (Fsp3) is 0.500. The van der Waals surface area contributed by atoms with Crippen LogP contribution >= 0.6 is 24.8 Å². The molecule has 1 unspecified atom stereocenters. The Bertz CT molecular complexity index is 704. The summed E-state index contributed by atoms with van der Waals surface area (Å²) in [6, 6.07) is 10.1. The van der Waals surface area contributed by atoms with Crippen LogP contribution in [0, 0.1) is 19.8 Å². The molecule has 1 aromatic carbocycles. The number of carbonyl (C=O) groups excluding carboxylic acids is 1. The van der Waals surface area contributed by atoms with Crippen molar-refractivity contribution in [3.05, 3.63) is 52.8 Å². The van der Waals surface area contributed by atoms with Gasteiger partial charge in [0.2, 0.25) is 5.91 Å². The van der Waals surface area contributed by atoms with Gasteiger partial charge >= 0.3 is 0 Å². The number of aromatic nitrogens is 2. The molecule has 27 heavy (non-hydrogen) atoms. The Morgan fingerprint density at radius 2 is 1.85 bits per heavy atom. The molecule has 0 aliphatic rings. The highest BCUT2D eigenvalue weighted by Gasteiger charge is 2.23. The van der Waals surface area contributed by atoms with Crippen molar-refractivity contribution >= 4 is 30.7 Å². The topological polar surface area (TPSA) is 64.2 Å². The molecule has 1 aromatic heterocycles. The van der Waals surface area contributed by atoms with Crippen molar-refractivity contribution in [1.29, 1.82) is 0 Å². The number of halogens is 2. The molecule has 5 nitrogen and oxygen atoms in total. The third-order valence-corrected chi connectivity index (χ3v) is 4.75. The van der Waals surface area contributed by atoms with Gasteiger partial charge in [-0.15, -0.1) is 24.8 Å². The van der Waals surface area contributed by atoms with E-state index in [0.29, 0.717) is 19.6 Å². The number of carbonyl (C=O) groups is 1. The first-order valence-corrected chi connectivity index (χ1v) is 8.95. The summed E-state index contributed by atoms with van der Waals surface area (Å²) in [6.45, 7) is 8.00. The van der Waals surface area contributed by atoms with Gasteiger partial charge in [0.05, 0.1) is 5.69 Å². The molecule has 2 N–H and O–H groups in total. The molecule has 0 aliphatic carbocycles. The molecule has 2 rings (SSSR count). The van der Waals surface area contributed by atoms with E-state index in [1.165, 1.54) is 5.56 Å². The molecule has 0 fully saturated rings. The molecule has 2 aromatic rings. The summed E-state index contributed by atoms with van der Waals surface area (Å²) in [5.74, 6) is 0.100. The molecular weight excluding hydrogens is 383 g/mol. The molecule has 0 saturated heterocycles. The Hall–Kier alpha value is -1.56. The third kappa shape index (κ3) is 6.83. The lowest BCUT2D eigenvalue weighted by Crippen LogP contribution is -2.37. The monoisotopic (exact) mass is 414 g/mol. The minimum atomic E-state index is -0.0805. The molecule has 0 bridgehead atoms. The van der Waals surface area contributed by atoms with Crippen LogP contribution in [0.3, 0.4) is 0 Å². The third-order valence-electron chi connectivity index (χ3n) is 4.75. The number of amides is 1. The second-order valence-corrected chi connectivity index (χ2v) is 6.77. The number of rotatable bonds is 8. The quantitative estimate of drug-likeness (QED) is 0.719. The van der Waals surface area contributed by atoms with Crippen LogP contribution in [-0.4, -0.2) is 33.7 Å². The Morgan fingerprint density at radius 1 is 1.22 bits per heavy atom. The summed E-state index contributed by atoms with van der Waals surface area (Å²) < 4.78 is 1.89. The largest absolute Gasteiger partial charge is 0.338 e. The van der Waals surface area contributed by atoms with Gasteiger partial charge in [0.15, 0.2) is 0 Å². The number of aryl methyl sites for hydroxylation is 2. The minimum Gasteiger partial charge on any atom is -0.338 e. The van der Waals surface area contributed by atoms with Gasteiger partial charge in [0, 0.05) is 31.7 Å². The molecule has 152 valence electrons. The van der Waals surface area contributed by atoms with Crippen LogP contribution in [0.25, 0.3) is 0 Å². The molecule has 0 radical (unpaired) electrons. The van der Waals surface area contributed by atoms with E-state index >= 15 is 0 Å². The number of benzene rings is 1. The van der Waals surface area contributed by atoms with E-state index in [-0.39, 0.29) is 36.6 Å². The zero-order valence-corrected chi connectivity index (χ0v) is 18.3. The van der Waals surface area contributed by atoms with Crippen LogP contribution in [-0.2, 0) is 24.8 Å². The second-order valence-electron chi connectivity index (χ2n) is 6.77. The molecule has 0 aliphatic heterocycles. The van der Waals surface area contributed by atoms with Crippen LogP contribution in [0.4, 0.5) is 0 Å². The molecule has 0 spiro atoms. The Kier molecular flexibility index (Phi) is 11.3. The van der Waals surface area contributed by atoms with Crippen LogP contribution in [0.15, 0.2) is 30.3 Å². The van der Waals surface area contributed by atoms with Gasteiger partial charge in [-0.1, -0.05) is 37.3 Å². The Balaban J connectivity index is 0.00000338. The maximum atomic E-state index is 13.0. The molecule has 0 saturated carbocycles. The first-order chi connectivity index (χ1) is 11.9. The summed E-state index contributed by atoms with van der Waals surface area (Å²) in [7, 11) is 1.95. The molecule has 1 atom stereocenters. The number of hydrogen-bond donors (Lipinski definition) is 1. The van der Waals surface area contributed by atoms with Crippen molar-refractivity contribution in [1.82, 2.24) is 14.7 Å². The van der Waals surface area contributed by atoms with Crippen molar-refractivity contribution in [3.8, 4) is 0 Å². The lowest BCUT2D eigenvalue weighted by Gasteiger charge is -2.26. The van der Waals surface area contributed by atoms with E-state index in [1.807, 2.05) is 48.7 Å². The smallest absolute Gasteiger partial charge is 0.226 e. The lowest BCUT2D eigenvalue weighted by atomic mass is 9.98. The zero-order chi connectivity index (χ0) is 18.4. The van der Waals surface area contributed by atoms with Gasteiger partial charge in [0.25, 0.3) is 0 Å². The van der Waals surface area contributed by atoms with E-state index < -0.39 is 0 Å². The molecule has 1 heterocycles. The van der Waals surface area contributed by atoms with E-state index in [0.717, 1.165) is 29.8 Å². The number of nitrogens with zero attached hydrogens (tertiary/aromatic N) is 3. The SMILES string of the molecule is Cc1nn(C)c(C)c1CC(C)C(=O)N(CCCN)Cc1ccccc1.Cl.Cl. The molecule has 7 heteroatoms. The Labute approximate surface area is 175 Å². The van der Waals surface area contributed by atoms with E-state index in [2.05, 4.69) is 24.2 Å². The van der Waals surface area contributed by atoms with Gasteiger partial charge in [-0.05, 0) is 44.4 Å². The standard InChI is InChI=1S/C20H30N4O.2ClH/c1-15(13-19-16(2)22-23(4)17(19)3)20(25)24(12-8-11-21)14-18-9-6-5-7-10-18;;/h5-7,9-10,15H,8,11-14,21H2,1-4H3;2*1H. The zero-order valence-electron chi connectivity index (χ0n) is 16.6. The maximum absolute atomic E-state index is 13.0. The second kappa shape index (κ2) is 12.0. The van der Waals surface area contributed by atoms with Crippen LogP contribution in [0.5, 0.6) is 0 Å². The van der Waals surface area contributed by atoms with Gasteiger partial charge in [-0.3, -0.25) is 9.48 Å².